The second kappa shape index (κ2) is 6.00. The van der Waals surface area contributed by atoms with Crippen molar-refractivity contribution >= 4 is 32.8 Å². The third-order valence-electron chi connectivity index (χ3n) is 1.85. The maximum atomic E-state index is 12.7. The summed E-state index contributed by atoms with van der Waals surface area (Å²) in [7, 11) is 0. The Morgan fingerprint density at radius 3 is 2.42 bits per heavy atom. The van der Waals surface area contributed by atoms with Crippen LogP contribution in [-0.2, 0) is 5.33 Å². The van der Waals surface area contributed by atoms with Gasteiger partial charge in [0.2, 0.25) is 0 Å². The van der Waals surface area contributed by atoms with Gasteiger partial charge in [0.1, 0.15) is 11.4 Å². The molecular weight excluding hydrogens is 364 g/mol. The molecule has 0 radical (unpaired) electrons. The van der Waals surface area contributed by atoms with E-state index in [-0.39, 0.29) is 10.9 Å². The number of alkyl halides is 6. The lowest BCUT2D eigenvalue weighted by Crippen LogP contribution is -2.20. The third-order valence-corrected chi connectivity index (χ3v) is 2.64. The maximum absolute atomic E-state index is 12.7. The van der Waals surface area contributed by atoms with Crippen molar-refractivity contribution in [1.82, 2.24) is 4.98 Å². The smallest absolute Gasteiger partial charge is 0.403 e. The summed E-state index contributed by atoms with van der Waals surface area (Å²) in [6.07, 6.45) is -8.51. The van der Waals surface area contributed by atoms with E-state index in [1.165, 1.54) is 0 Å². The zero-order valence-electron chi connectivity index (χ0n) is 8.77. The number of halogens is 7. The first-order valence-electron chi connectivity index (χ1n) is 4.49. The molecule has 106 valence electrons. The number of rotatable bonds is 4. The highest BCUT2D eigenvalue weighted by Crippen LogP contribution is 2.36. The van der Waals surface area contributed by atoms with Crippen LogP contribution in [0.25, 0.3) is 0 Å². The number of carbonyl (C=O) groups excluding carboxylic acids is 1. The Labute approximate surface area is 116 Å². The van der Waals surface area contributed by atoms with Crippen LogP contribution >= 0.6 is 27.5 Å². The average Bonchev–Trinajstić information content (AvgIpc) is 2.26. The molecule has 0 aromatic carbocycles. The quantitative estimate of drug-likeness (QED) is 0.454. The van der Waals surface area contributed by atoms with Gasteiger partial charge < -0.3 is 4.74 Å². The van der Waals surface area contributed by atoms with Gasteiger partial charge in [-0.2, -0.15) is 0 Å². The lowest BCUT2D eigenvalue weighted by Gasteiger charge is -2.16. The molecule has 1 heterocycles. The molecule has 0 unspecified atom stereocenters. The topological polar surface area (TPSA) is 39.2 Å². The molecular formula is C9H4BrClF5NO2. The molecule has 0 amide bonds. The average molecular weight is 368 g/mol. The molecule has 19 heavy (non-hydrogen) atoms. The van der Waals surface area contributed by atoms with E-state index in [0.717, 1.165) is 6.07 Å². The fourth-order valence-corrected chi connectivity index (χ4v) is 1.70. The van der Waals surface area contributed by atoms with Crippen molar-refractivity contribution in [3.05, 3.63) is 23.0 Å². The fraction of sp³-hybridized carbons (Fsp3) is 0.333. The molecule has 0 fully saturated rings. The van der Waals surface area contributed by atoms with Crippen LogP contribution in [0, 0.1) is 0 Å². The number of pyridine rings is 1. The van der Waals surface area contributed by atoms with Crippen LogP contribution in [0.4, 0.5) is 22.0 Å². The van der Waals surface area contributed by atoms with Crippen LogP contribution in [0.5, 0.6) is 5.75 Å². The van der Waals surface area contributed by atoms with E-state index in [9.17, 15) is 26.7 Å². The lowest BCUT2D eigenvalue weighted by atomic mass is 10.2. The summed E-state index contributed by atoms with van der Waals surface area (Å²) in [6.45, 7) is 0. The summed E-state index contributed by atoms with van der Waals surface area (Å²) < 4.78 is 65.4. The van der Waals surface area contributed by atoms with Crippen molar-refractivity contribution in [3.8, 4) is 5.75 Å². The van der Waals surface area contributed by atoms with Gasteiger partial charge in [0.15, 0.2) is 5.75 Å². The highest BCUT2D eigenvalue weighted by molar-refractivity contribution is 9.08. The van der Waals surface area contributed by atoms with Crippen molar-refractivity contribution < 1.29 is 31.5 Å². The molecule has 1 aromatic rings. The first kappa shape index (κ1) is 16.1. The van der Waals surface area contributed by atoms with E-state index < -0.39 is 35.2 Å². The SMILES string of the molecule is O=C(Cl)c1cc(CBr)c(OC(F)(F)F)c(C(F)F)n1. The van der Waals surface area contributed by atoms with Gasteiger partial charge in [0.05, 0.1) is 0 Å². The van der Waals surface area contributed by atoms with E-state index in [2.05, 4.69) is 25.7 Å². The standard InChI is InChI=1S/C9H4BrClF5NO2/c10-2-3-1-4(7(11)18)17-5(8(12)13)6(3)19-9(14,15)16/h1,8H,2H2. The van der Waals surface area contributed by atoms with Gasteiger partial charge >= 0.3 is 6.36 Å². The van der Waals surface area contributed by atoms with Crippen molar-refractivity contribution in [3.63, 3.8) is 0 Å². The van der Waals surface area contributed by atoms with E-state index in [0.29, 0.717) is 0 Å². The van der Waals surface area contributed by atoms with Crippen molar-refractivity contribution in [2.45, 2.75) is 18.1 Å². The second-order valence-corrected chi connectivity index (χ2v) is 4.04. The van der Waals surface area contributed by atoms with E-state index >= 15 is 0 Å². The van der Waals surface area contributed by atoms with Gasteiger partial charge in [0, 0.05) is 10.9 Å². The molecule has 0 aliphatic carbocycles. The van der Waals surface area contributed by atoms with Crippen molar-refractivity contribution in [1.29, 1.82) is 0 Å². The predicted molar refractivity (Wildman–Crippen MR) is 58.7 cm³/mol. The Kier molecular flexibility index (Phi) is 5.08. The Morgan fingerprint density at radius 1 is 1.47 bits per heavy atom. The number of ether oxygens (including phenoxy) is 1. The zero-order chi connectivity index (χ0) is 14.8. The third kappa shape index (κ3) is 4.27. The highest BCUT2D eigenvalue weighted by Gasteiger charge is 2.35. The Bertz CT molecular complexity index is 494. The normalized spacial score (nSPS) is 11.8. The van der Waals surface area contributed by atoms with Crippen LogP contribution < -0.4 is 4.74 Å². The van der Waals surface area contributed by atoms with E-state index in [1.807, 2.05) is 0 Å². The Hall–Kier alpha value is -0.960. The van der Waals surface area contributed by atoms with Gasteiger partial charge in [-0.3, -0.25) is 4.79 Å². The monoisotopic (exact) mass is 367 g/mol. The van der Waals surface area contributed by atoms with Crippen LogP contribution in [0.2, 0.25) is 0 Å². The van der Waals surface area contributed by atoms with Gasteiger partial charge in [-0.15, -0.1) is 13.2 Å². The van der Waals surface area contributed by atoms with E-state index in [4.69, 9.17) is 11.6 Å². The van der Waals surface area contributed by atoms with Gasteiger partial charge in [-0.25, -0.2) is 13.8 Å². The summed E-state index contributed by atoms with van der Waals surface area (Å²) >= 11 is 7.88. The predicted octanol–water partition coefficient (Wildman–Crippen LogP) is 4.19. The summed E-state index contributed by atoms with van der Waals surface area (Å²) in [5.41, 5.74) is -2.19. The van der Waals surface area contributed by atoms with Crippen LogP contribution in [-0.4, -0.2) is 16.6 Å². The molecule has 0 saturated carbocycles. The number of hydrogen-bond acceptors (Lipinski definition) is 3. The molecule has 10 heteroatoms. The number of nitrogens with zero attached hydrogens (tertiary/aromatic N) is 1. The number of aromatic nitrogens is 1. The van der Waals surface area contributed by atoms with Gasteiger partial charge in [0.25, 0.3) is 11.7 Å². The second-order valence-electron chi connectivity index (χ2n) is 3.14. The number of hydrogen-bond donors (Lipinski definition) is 0. The van der Waals surface area contributed by atoms with E-state index in [1.54, 1.807) is 0 Å². The van der Waals surface area contributed by atoms with Crippen molar-refractivity contribution in [2.75, 3.05) is 0 Å². The Morgan fingerprint density at radius 2 is 2.05 bits per heavy atom. The largest absolute Gasteiger partial charge is 0.573 e. The first-order valence-corrected chi connectivity index (χ1v) is 5.99. The molecule has 1 rings (SSSR count). The zero-order valence-corrected chi connectivity index (χ0v) is 11.1. The minimum Gasteiger partial charge on any atom is -0.403 e. The molecule has 1 aromatic heterocycles. The minimum absolute atomic E-state index is 0.252. The fourth-order valence-electron chi connectivity index (χ4n) is 1.19. The van der Waals surface area contributed by atoms with Crippen LogP contribution in [0.15, 0.2) is 6.07 Å². The molecule has 3 nitrogen and oxygen atoms in total. The molecule has 0 aliphatic heterocycles. The van der Waals surface area contributed by atoms with Crippen LogP contribution in [0.3, 0.4) is 0 Å². The minimum atomic E-state index is -5.16. The number of carbonyl (C=O) groups is 1. The molecule has 0 N–H and O–H groups in total. The lowest BCUT2D eigenvalue weighted by molar-refractivity contribution is -0.275. The van der Waals surface area contributed by atoms with Gasteiger partial charge in [-0.1, -0.05) is 15.9 Å². The first-order chi connectivity index (χ1) is 8.65. The molecule has 0 atom stereocenters. The van der Waals surface area contributed by atoms with Crippen LogP contribution in [0.1, 0.15) is 28.2 Å². The highest BCUT2D eigenvalue weighted by atomic mass is 79.9. The summed E-state index contributed by atoms with van der Waals surface area (Å²) in [5, 5.41) is -1.42. The molecule has 0 spiro atoms. The Balaban J connectivity index is 3.45. The molecule has 0 saturated heterocycles. The maximum Gasteiger partial charge on any atom is 0.573 e. The summed E-state index contributed by atoms with van der Waals surface area (Å²) in [4.78, 5) is 14.0. The molecule has 0 aliphatic rings. The summed E-state index contributed by atoms with van der Waals surface area (Å²) in [6, 6.07) is 0.844. The van der Waals surface area contributed by atoms with Gasteiger partial charge in [-0.05, 0) is 17.7 Å². The van der Waals surface area contributed by atoms with Crippen molar-refractivity contribution in [2.24, 2.45) is 0 Å². The molecule has 0 bridgehead atoms. The summed E-state index contributed by atoms with van der Waals surface area (Å²) in [5.74, 6) is -1.14.